The molecule has 0 unspecified atom stereocenters. The fourth-order valence-electron chi connectivity index (χ4n) is 4.38. The number of nitrogens with one attached hydrogen (secondary N) is 1. The fraction of sp³-hybridized carbons (Fsp3) is 0.364. The molecule has 0 bridgehead atoms. The number of carbonyl (C=O) groups excluding carboxylic acids is 3. The highest BCUT2D eigenvalue weighted by Gasteiger charge is 2.40. The minimum absolute atomic E-state index is 0.102. The smallest absolute Gasteiger partial charge is 0.255 e. The monoisotopic (exact) mass is 454 g/mol. The highest BCUT2D eigenvalue weighted by atomic mass is 32.2. The maximum Gasteiger partial charge on any atom is 0.255 e. The van der Waals surface area contributed by atoms with Crippen LogP contribution in [-0.2, 0) is 9.53 Å². The van der Waals surface area contributed by atoms with E-state index in [9.17, 15) is 19.5 Å². The number of nitrogens with zero attached hydrogens (tertiary/aromatic N) is 3. The summed E-state index contributed by atoms with van der Waals surface area (Å²) in [7, 11) is 0. The number of hydrogen-bond donors (Lipinski definition) is 2. The Morgan fingerprint density at radius 3 is 2.78 bits per heavy atom. The molecule has 2 N–H and O–H groups in total. The molecule has 9 nitrogen and oxygen atoms in total. The van der Waals surface area contributed by atoms with E-state index in [1.54, 1.807) is 29.3 Å². The number of aromatic hydroxyl groups is 1. The van der Waals surface area contributed by atoms with E-state index in [0.29, 0.717) is 60.3 Å². The average molecular weight is 455 g/mol. The molecule has 3 amide bonds. The molecule has 2 fully saturated rings. The van der Waals surface area contributed by atoms with E-state index in [1.165, 1.54) is 23.9 Å². The summed E-state index contributed by atoms with van der Waals surface area (Å²) in [6.07, 6.45) is 1.87. The summed E-state index contributed by atoms with van der Waals surface area (Å²) in [6, 6.07) is 7.77. The van der Waals surface area contributed by atoms with Gasteiger partial charge in [0.25, 0.3) is 11.8 Å². The Bertz CT molecular complexity index is 1080. The van der Waals surface area contributed by atoms with Crippen molar-refractivity contribution in [1.29, 1.82) is 0 Å². The zero-order valence-electron chi connectivity index (χ0n) is 17.2. The van der Waals surface area contributed by atoms with E-state index in [0.717, 1.165) is 0 Å². The van der Waals surface area contributed by atoms with Gasteiger partial charge in [-0.1, -0.05) is 11.8 Å². The number of aromatic nitrogens is 1. The van der Waals surface area contributed by atoms with Crippen LogP contribution in [0.5, 0.6) is 5.75 Å². The first kappa shape index (κ1) is 20.8. The molecule has 3 aliphatic heterocycles. The predicted molar refractivity (Wildman–Crippen MR) is 117 cm³/mol. The first-order valence-electron chi connectivity index (χ1n) is 10.4. The number of morpholine rings is 1. The molecule has 0 aliphatic carbocycles. The Kier molecular flexibility index (Phi) is 5.48. The number of piperidine rings is 1. The van der Waals surface area contributed by atoms with Gasteiger partial charge in [0.15, 0.2) is 0 Å². The quantitative estimate of drug-likeness (QED) is 0.709. The second kappa shape index (κ2) is 8.44. The number of phenolic OH excluding ortho intramolecular Hbond substituents is 1. The number of thioether (sulfide) groups is 1. The summed E-state index contributed by atoms with van der Waals surface area (Å²) < 4.78 is 5.93. The second-order valence-corrected chi connectivity index (χ2v) is 8.94. The first-order valence-corrected chi connectivity index (χ1v) is 11.4. The minimum atomic E-state index is -0.275. The topological polar surface area (TPSA) is 112 Å². The SMILES string of the molecule is O=C1CSc2ncc(C(=O)N3CC[C@H]4[C@H](C3)OCCN4C(=O)c3ccc(O)cc3)cc2N1. The molecule has 2 atom stereocenters. The number of hydrogen-bond acceptors (Lipinski definition) is 7. The van der Waals surface area contributed by atoms with Crippen LogP contribution in [0.25, 0.3) is 0 Å². The molecular weight excluding hydrogens is 432 g/mol. The molecule has 0 radical (unpaired) electrons. The van der Waals surface area contributed by atoms with Gasteiger partial charge in [0.1, 0.15) is 10.8 Å². The predicted octanol–water partition coefficient (Wildman–Crippen LogP) is 1.59. The van der Waals surface area contributed by atoms with E-state index in [4.69, 9.17) is 4.74 Å². The molecule has 0 saturated carbocycles. The van der Waals surface area contributed by atoms with Crippen LogP contribution in [0.2, 0.25) is 0 Å². The number of pyridine rings is 1. The molecule has 4 heterocycles. The lowest BCUT2D eigenvalue weighted by Crippen LogP contribution is -2.61. The van der Waals surface area contributed by atoms with E-state index >= 15 is 0 Å². The van der Waals surface area contributed by atoms with Crippen LogP contribution in [-0.4, -0.2) is 81.8 Å². The van der Waals surface area contributed by atoms with Gasteiger partial charge in [-0.25, -0.2) is 4.98 Å². The number of phenols is 1. The van der Waals surface area contributed by atoms with Gasteiger partial charge in [-0.05, 0) is 36.8 Å². The zero-order chi connectivity index (χ0) is 22.2. The lowest BCUT2D eigenvalue weighted by molar-refractivity contribution is -0.113. The van der Waals surface area contributed by atoms with Crippen LogP contribution in [0.1, 0.15) is 27.1 Å². The van der Waals surface area contributed by atoms with Crippen molar-refractivity contribution in [2.75, 3.05) is 37.3 Å². The number of fused-ring (bicyclic) bond motifs is 2. The Labute approximate surface area is 188 Å². The van der Waals surface area contributed by atoms with Crippen molar-refractivity contribution in [1.82, 2.24) is 14.8 Å². The fourth-order valence-corrected chi connectivity index (χ4v) is 5.11. The Hall–Kier alpha value is -3.11. The Balaban J connectivity index is 1.29. The van der Waals surface area contributed by atoms with Gasteiger partial charge >= 0.3 is 0 Å². The molecule has 1 aromatic heterocycles. The second-order valence-electron chi connectivity index (χ2n) is 7.98. The van der Waals surface area contributed by atoms with Gasteiger partial charge in [0.2, 0.25) is 5.91 Å². The van der Waals surface area contributed by atoms with Crippen molar-refractivity contribution >= 4 is 35.2 Å². The highest BCUT2D eigenvalue weighted by molar-refractivity contribution is 8.00. The third kappa shape index (κ3) is 3.91. The number of likely N-dealkylation sites (tertiary alicyclic amines) is 1. The molecule has 2 saturated heterocycles. The standard InChI is InChI=1S/C22H22N4O5S/c27-15-3-1-13(2-4-15)22(30)26-7-8-31-18-11-25(6-5-17(18)26)21(29)14-9-16-20(23-10-14)32-12-19(28)24-16/h1-4,9-10,17-18,27H,5-8,11-12H2,(H,24,28)/t17-,18-/m0/s1. The van der Waals surface area contributed by atoms with Crippen LogP contribution in [0.4, 0.5) is 5.69 Å². The number of ether oxygens (including phenoxy) is 1. The number of benzene rings is 1. The molecule has 166 valence electrons. The van der Waals surface area contributed by atoms with Gasteiger partial charge in [0, 0.05) is 31.4 Å². The average Bonchev–Trinajstić information content (AvgIpc) is 2.82. The summed E-state index contributed by atoms with van der Waals surface area (Å²) in [6.45, 7) is 1.75. The largest absolute Gasteiger partial charge is 0.508 e. The van der Waals surface area contributed by atoms with Crippen LogP contribution >= 0.6 is 11.8 Å². The third-order valence-corrected chi connectivity index (χ3v) is 6.97. The van der Waals surface area contributed by atoms with Crippen molar-refractivity contribution in [2.24, 2.45) is 0 Å². The molecule has 5 rings (SSSR count). The summed E-state index contributed by atoms with van der Waals surface area (Å²) in [4.78, 5) is 45.7. The molecule has 32 heavy (non-hydrogen) atoms. The Morgan fingerprint density at radius 1 is 1.16 bits per heavy atom. The lowest BCUT2D eigenvalue weighted by Gasteiger charge is -2.46. The molecule has 0 spiro atoms. The van der Waals surface area contributed by atoms with Crippen LogP contribution in [0, 0.1) is 0 Å². The summed E-state index contributed by atoms with van der Waals surface area (Å²) in [5.41, 5.74) is 1.49. The molecule has 3 aliphatic rings. The van der Waals surface area contributed by atoms with Crippen LogP contribution in [0.15, 0.2) is 41.6 Å². The summed E-state index contributed by atoms with van der Waals surface area (Å²) >= 11 is 1.35. The van der Waals surface area contributed by atoms with E-state index in [-0.39, 0.29) is 35.6 Å². The number of carbonyl (C=O) groups is 3. The normalized spacial score (nSPS) is 22.6. The lowest BCUT2D eigenvalue weighted by atomic mass is 9.96. The Morgan fingerprint density at radius 2 is 1.97 bits per heavy atom. The summed E-state index contributed by atoms with van der Waals surface area (Å²) in [5.74, 6) is 0.0512. The van der Waals surface area contributed by atoms with Crippen molar-refractivity contribution in [3.05, 3.63) is 47.7 Å². The number of amides is 3. The maximum atomic E-state index is 13.1. The number of rotatable bonds is 2. The van der Waals surface area contributed by atoms with E-state index in [2.05, 4.69) is 10.3 Å². The van der Waals surface area contributed by atoms with Crippen molar-refractivity contribution in [3.8, 4) is 5.75 Å². The third-order valence-electron chi connectivity index (χ3n) is 5.96. The van der Waals surface area contributed by atoms with E-state index < -0.39 is 0 Å². The molecule has 2 aromatic rings. The van der Waals surface area contributed by atoms with Gasteiger partial charge in [-0.3, -0.25) is 14.4 Å². The minimum Gasteiger partial charge on any atom is -0.508 e. The van der Waals surface area contributed by atoms with Gasteiger partial charge < -0.3 is 25.0 Å². The summed E-state index contributed by atoms with van der Waals surface area (Å²) in [5, 5.41) is 13.0. The van der Waals surface area contributed by atoms with Gasteiger partial charge in [-0.2, -0.15) is 0 Å². The van der Waals surface area contributed by atoms with Crippen molar-refractivity contribution < 1.29 is 24.2 Å². The highest BCUT2D eigenvalue weighted by Crippen LogP contribution is 2.31. The van der Waals surface area contributed by atoms with Gasteiger partial charge in [0.05, 0.1) is 35.8 Å². The molecule has 10 heteroatoms. The van der Waals surface area contributed by atoms with E-state index in [1.807, 2.05) is 4.90 Å². The maximum absolute atomic E-state index is 13.1. The number of anilines is 1. The molecular formula is C22H22N4O5S. The van der Waals surface area contributed by atoms with Crippen LogP contribution in [0.3, 0.4) is 0 Å². The zero-order valence-corrected chi connectivity index (χ0v) is 18.0. The first-order chi connectivity index (χ1) is 15.5. The molecule has 1 aromatic carbocycles. The van der Waals surface area contributed by atoms with Gasteiger partial charge in [-0.15, -0.1) is 0 Å². The van der Waals surface area contributed by atoms with Crippen molar-refractivity contribution in [2.45, 2.75) is 23.6 Å². The van der Waals surface area contributed by atoms with Crippen molar-refractivity contribution in [3.63, 3.8) is 0 Å². The van der Waals surface area contributed by atoms with Crippen LogP contribution < -0.4 is 5.32 Å².